The summed E-state index contributed by atoms with van der Waals surface area (Å²) in [4.78, 5) is 0.178. The van der Waals surface area contributed by atoms with E-state index in [0.717, 1.165) is 19.4 Å². The van der Waals surface area contributed by atoms with Gasteiger partial charge in [-0.05, 0) is 50.1 Å². The van der Waals surface area contributed by atoms with Crippen molar-refractivity contribution in [1.82, 2.24) is 9.62 Å². The van der Waals surface area contributed by atoms with E-state index in [1.54, 1.807) is 11.2 Å². The number of rotatable bonds is 5. The summed E-state index contributed by atoms with van der Waals surface area (Å²) >= 11 is 0. The van der Waals surface area contributed by atoms with Gasteiger partial charge in [-0.15, -0.1) is 12.4 Å². The standard InChI is InChI=1S/C14H21FN2O2S.ClH/c1-3-8-17(12-6-7-16-10-12)20(18,19)13-4-5-14(15)11(2)9-13;/h4-5,9,12,16H,3,6-8,10H2,1-2H3;1H. The van der Waals surface area contributed by atoms with E-state index < -0.39 is 10.0 Å². The summed E-state index contributed by atoms with van der Waals surface area (Å²) in [5, 5.41) is 3.19. The van der Waals surface area contributed by atoms with Crippen molar-refractivity contribution < 1.29 is 12.8 Å². The lowest BCUT2D eigenvalue weighted by Gasteiger charge is -2.27. The van der Waals surface area contributed by atoms with Crippen molar-refractivity contribution in [3.63, 3.8) is 0 Å². The highest BCUT2D eigenvalue weighted by Gasteiger charge is 2.32. The fourth-order valence-corrected chi connectivity index (χ4v) is 4.35. The van der Waals surface area contributed by atoms with Gasteiger partial charge in [-0.2, -0.15) is 4.31 Å². The van der Waals surface area contributed by atoms with E-state index in [0.29, 0.717) is 18.7 Å². The molecule has 1 aromatic carbocycles. The summed E-state index contributed by atoms with van der Waals surface area (Å²) in [6.45, 7) is 5.55. The number of sulfonamides is 1. The molecule has 2 rings (SSSR count). The summed E-state index contributed by atoms with van der Waals surface area (Å²) in [6.07, 6.45) is 1.58. The van der Waals surface area contributed by atoms with Gasteiger partial charge in [0.25, 0.3) is 0 Å². The highest BCUT2D eigenvalue weighted by molar-refractivity contribution is 7.89. The Labute approximate surface area is 132 Å². The second-order valence-electron chi connectivity index (χ2n) is 5.17. The number of aryl methyl sites for hydroxylation is 1. The van der Waals surface area contributed by atoms with Gasteiger partial charge in [-0.1, -0.05) is 6.92 Å². The maximum absolute atomic E-state index is 13.3. The largest absolute Gasteiger partial charge is 0.315 e. The van der Waals surface area contributed by atoms with Crippen molar-refractivity contribution >= 4 is 22.4 Å². The maximum Gasteiger partial charge on any atom is 0.243 e. The average Bonchev–Trinajstić information content (AvgIpc) is 2.92. The second kappa shape index (κ2) is 7.54. The zero-order valence-electron chi connectivity index (χ0n) is 12.3. The van der Waals surface area contributed by atoms with Crippen LogP contribution in [0.25, 0.3) is 0 Å². The minimum atomic E-state index is -3.56. The fraction of sp³-hybridized carbons (Fsp3) is 0.571. The van der Waals surface area contributed by atoms with Gasteiger partial charge in [-0.25, -0.2) is 12.8 Å². The third-order valence-corrected chi connectivity index (χ3v) is 5.57. The van der Waals surface area contributed by atoms with Crippen LogP contribution in [0.2, 0.25) is 0 Å². The van der Waals surface area contributed by atoms with Crippen molar-refractivity contribution in [3.8, 4) is 0 Å². The molecule has 21 heavy (non-hydrogen) atoms. The molecule has 7 heteroatoms. The van der Waals surface area contributed by atoms with E-state index in [1.807, 2.05) is 6.92 Å². The van der Waals surface area contributed by atoms with E-state index in [9.17, 15) is 12.8 Å². The van der Waals surface area contributed by atoms with Crippen LogP contribution >= 0.6 is 12.4 Å². The number of hydrogen-bond acceptors (Lipinski definition) is 3. The molecule has 1 aliphatic rings. The minimum Gasteiger partial charge on any atom is -0.315 e. The first kappa shape index (κ1) is 18.4. The van der Waals surface area contributed by atoms with E-state index in [-0.39, 0.29) is 29.2 Å². The molecule has 0 bridgehead atoms. The van der Waals surface area contributed by atoms with Crippen LogP contribution in [-0.4, -0.2) is 38.4 Å². The van der Waals surface area contributed by atoms with Gasteiger partial charge in [0.05, 0.1) is 4.90 Å². The van der Waals surface area contributed by atoms with Gasteiger partial charge in [0.2, 0.25) is 10.0 Å². The Hall–Kier alpha value is -0.690. The van der Waals surface area contributed by atoms with Gasteiger partial charge in [-0.3, -0.25) is 0 Å². The molecule has 120 valence electrons. The molecule has 1 atom stereocenters. The molecule has 0 aliphatic carbocycles. The van der Waals surface area contributed by atoms with E-state index in [2.05, 4.69) is 5.32 Å². The van der Waals surface area contributed by atoms with Crippen LogP contribution in [0.1, 0.15) is 25.3 Å². The van der Waals surface area contributed by atoms with E-state index >= 15 is 0 Å². The molecule has 1 saturated heterocycles. The third kappa shape index (κ3) is 3.94. The number of halogens is 2. The number of benzene rings is 1. The summed E-state index contributed by atoms with van der Waals surface area (Å²) in [5.41, 5.74) is 0.354. The van der Waals surface area contributed by atoms with Crippen LogP contribution < -0.4 is 5.32 Å². The van der Waals surface area contributed by atoms with Crippen molar-refractivity contribution in [3.05, 3.63) is 29.6 Å². The summed E-state index contributed by atoms with van der Waals surface area (Å²) in [5.74, 6) is -0.381. The van der Waals surface area contributed by atoms with Gasteiger partial charge in [0.1, 0.15) is 5.82 Å². The second-order valence-corrected chi connectivity index (χ2v) is 7.06. The predicted octanol–water partition coefficient (Wildman–Crippen LogP) is 2.32. The number of hydrogen-bond donors (Lipinski definition) is 1. The molecular weight excluding hydrogens is 315 g/mol. The lowest BCUT2D eigenvalue weighted by atomic mass is 10.2. The molecule has 0 spiro atoms. The third-order valence-electron chi connectivity index (χ3n) is 3.62. The number of nitrogens with one attached hydrogen (secondary N) is 1. The lowest BCUT2D eigenvalue weighted by Crippen LogP contribution is -2.42. The van der Waals surface area contributed by atoms with Crippen LogP contribution in [0.5, 0.6) is 0 Å². The summed E-state index contributed by atoms with van der Waals surface area (Å²) in [7, 11) is -3.56. The molecule has 0 saturated carbocycles. The zero-order chi connectivity index (χ0) is 14.8. The Morgan fingerprint density at radius 3 is 2.67 bits per heavy atom. The van der Waals surface area contributed by atoms with Crippen molar-refractivity contribution in [2.75, 3.05) is 19.6 Å². The first-order valence-electron chi connectivity index (χ1n) is 6.95. The van der Waals surface area contributed by atoms with Crippen molar-refractivity contribution in [2.45, 2.75) is 37.6 Å². The van der Waals surface area contributed by atoms with Crippen LogP contribution in [0, 0.1) is 12.7 Å². The Kier molecular flexibility index (Phi) is 6.59. The Balaban J connectivity index is 0.00000220. The molecule has 1 aliphatic heterocycles. The molecule has 1 unspecified atom stereocenters. The maximum atomic E-state index is 13.3. The topological polar surface area (TPSA) is 49.4 Å². The smallest absolute Gasteiger partial charge is 0.243 e. The van der Waals surface area contributed by atoms with E-state index in [1.165, 1.54) is 18.2 Å². The molecule has 1 aromatic rings. The van der Waals surface area contributed by atoms with Crippen molar-refractivity contribution in [1.29, 1.82) is 0 Å². The Bertz CT molecular complexity index is 574. The van der Waals surface area contributed by atoms with Crippen LogP contribution in [0.3, 0.4) is 0 Å². The highest BCUT2D eigenvalue weighted by Crippen LogP contribution is 2.23. The average molecular weight is 337 g/mol. The first-order chi connectivity index (χ1) is 9.46. The van der Waals surface area contributed by atoms with Crippen molar-refractivity contribution in [2.24, 2.45) is 0 Å². The molecule has 0 radical (unpaired) electrons. The molecular formula is C14H22ClFN2O2S. The van der Waals surface area contributed by atoms with Crippen LogP contribution in [0.15, 0.2) is 23.1 Å². The minimum absolute atomic E-state index is 0. The monoisotopic (exact) mass is 336 g/mol. The predicted molar refractivity (Wildman–Crippen MR) is 83.8 cm³/mol. The van der Waals surface area contributed by atoms with Crippen LogP contribution in [0.4, 0.5) is 4.39 Å². The Morgan fingerprint density at radius 2 is 2.14 bits per heavy atom. The molecule has 1 heterocycles. The lowest BCUT2D eigenvalue weighted by molar-refractivity contribution is 0.335. The summed E-state index contributed by atoms with van der Waals surface area (Å²) < 4.78 is 40.4. The molecule has 1 fully saturated rings. The highest BCUT2D eigenvalue weighted by atomic mass is 35.5. The quantitative estimate of drug-likeness (QED) is 0.897. The van der Waals surface area contributed by atoms with Gasteiger partial charge in [0.15, 0.2) is 0 Å². The normalized spacial score (nSPS) is 18.8. The fourth-order valence-electron chi connectivity index (χ4n) is 2.52. The first-order valence-corrected chi connectivity index (χ1v) is 8.39. The Morgan fingerprint density at radius 1 is 1.43 bits per heavy atom. The number of nitrogens with zero attached hydrogens (tertiary/aromatic N) is 1. The molecule has 4 nitrogen and oxygen atoms in total. The molecule has 1 N–H and O–H groups in total. The summed E-state index contributed by atoms with van der Waals surface area (Å²) in [6, 6.07) is 3.97. The van der Waals surface area contributed by atoms with Gasteiger partial charge in [0, 0.05) is 19.1 Å². The molecule has 0 amide bonds. The SMILES string of the molecule is CCCN(C1CCNC1)S(=O)(=O)c1ccc(F)c(C)c1.Cl. The van der Waals surface area contributed by atoms with Gasteiger partial charge >= 0.3 is 0 Å². The van der Waals surface area contributed by atoms with Crippen LogP contribution in [-0.2, 0) is 10.0 Å². The zero-order valence-corrected chi connectivity index (χ0v) is 13.9. The van der Waals surface area contributed by atoms with E-state index in [4.69, 9.17) is 0 Å². The molecule has 0 aromatic heterocycles. The van der Waals surface area contributed by atoms with Gasteiger partial charge < -0.3 is 5.32 Å².